The summed E-state index contributed by atoms with van der Waals surface area (Å²) in [4.78, 5) is 30.2. The number of ether oxygens (including phenoxy) is 1. The number of fused-ring (bicyclic) bond motifs is 1. The highest BCUT2D eigenvalue weighted by atomic mass is 79.9. The van der Waals surface area contributed by atoms with Crippen LogP contribution in [-0.4, -0.2) is 28.4 Å². The molecule has 4 rings (SSSR count). The Labute approximate surface area is 225 Å². The number of carbonyl (C=O) groups is 1. The molecule has 4 aromatic rings. The predicted molar refractivity (Wildman–Crippen MR) is 150 cm³/mol. The van der Waals surface area contributed by atoms with Gasteiger partial charge in [-0.1, -0.05) is 48.0 Å². The zero-order valence-electron chi connectivity index (χ0n) is 19.7. The number of hydrogen-bond acceptors (Lipinski definition) is 5. The molecule has 0 aliphatic carbocycles. The van der Waals surface area contributed by atoms with Gasteiger partial charge in [0.1, 0.15) is 11.6 Å². The highest BCUT2D eigenvalue weighted by molar-refractivity contribution is 9.10. The van der Waals surface area contributed by atoms with Crippen LogP contribution in [0.2, 0.25) is 0 Å². The largest absolute Gasteiger partial charge is 0.483 e. The van der Waals surface area contributed by atoms with Gasteiger partial charge >= 0.3 is 0 Å². The van der Waals surface area contributed by atoms with Crippen LogP contribution in [0.25, 0.3) is 10.9 Å². The summed E-state index contributed by atoms with van der Waals surface area (Å²) in [6, 6.07) is 20.0. The number of hydrogen-bond donors (Lipinski definition) is 1. The van der Waals surface area contributed by atoms with Crippen LogP contribution in [-0.2, 0) is 4.79 Å². The van der Waals surface area contributed by atoms with E-state index in [1.165, 1.54) is 4.68 Å². The van der Waals surface area contributed by atoms with Crippen molar-refractivity contribution in [1.29, 1.82) is 0 Å². The van der Waals surface area contributed by atoms with Gasteiger partial charge in [0.2, 0.25) is 0 Å². The van der Waals surface area contributed by atoms with E-state index in [4.69, 9.17) is 9.72 Å². The molecule has 0 fully saturated rings. The zero-order chi connectivity index (χ0) is 25.7. The molecule has 184 valence electrons. The van der Waals surface area contributed by atoms with Crippen molar-refractivity contribution >= 4 is 60.6 Å². The van der Waals surface area contributed by atoms with Gasteiger partial charge in [0.15, 0.2) is 6.61 Å². The van der Waals surface area contributed by atoms with E-state index in [1.807, 2.05) is 62.4 Å². The van der Waals surface area contributed by atoms with Crippen molar-refractivity contribution in [2.45, 2.75) is 26.2 Å². The fourth-order valence-corrected chi connectivity index (χ4v) is 4.35. The second kappa shape index (κ2) is 11.6. The predicted octanol–water partition coefficient (Wildman–Crippen LogP) is 6.33. The molecule has 1 atom stereocenters. The van der Waals surface area contributed by atoms with E-state index in [0.29, 0.717) is 32.6 Å². The van der Waals surface area contributed by atoms with Crippen molar-refractivity contribution in [1.82, 2.24) is 9.66 Å². The first kappa shape index (κ1) is 25.8. The summed E-state index contributed by atoms with van der Waals surface area (Å²) < 4.78 is 8.49. The molecule has 0 saturated carbocycles. The van der Waals surface area contributed by atoms with E-state index in [0.717, 1.165) is 16.5 Å². The Bertz CT molecular complexity index is 1490. The SMILES string of the molecule is CC[C@@H](C)c1nc2ccc(Br)cc2c(=O)n1N=Cc1ccc(OCC(=O)Nc2ccccc2)c(Br)c1. The maximum Gasteiger partial charge on any atom is 0.282 e. The summed E-state index contributed by atoms with van der Waals surface area (Å²) >= 11 is 6.91. The Morgan fingerprint density at radius 1 is 1.14 bits per heavy atom. The Kier molecular flexibility index (Phi) is 8.32. The summed E-state index contributed by atoms with van der Waals surface area (Å²) in [7, 11) is 0. The first-order chi connectivity index (χ1) is 17.4. The minimum Gasteiger partial charge on any atom is -0.483 e. The third-order valence-electron chi connectivity index (χ3n) is 5.58. The molecular weight excluding hydrogens is 588 g/mol. The number of benzene rings is 3. The molecule has 0 saturated heterocycles. The number of para-hydroxylation sites is 1. The molecule has 7 nitrogen and oxygen atoms in total. The number of rotatable bonds is 8. The fourth-order valence-electron chi connectivity index (χ4n) is 3.48. The average molecular weight is 612 g/mol. The molecule has 36 heavy (non-hydrogen) atoms. The molecule has 1 N–H and O–H groups in total. The van der Waals surface area contributed by atoms with E-state index in [9.17, 15) is 9.59 Å². The molecule has 0 aliphatic rings. The van der Waals surface area contributed by atoms with Crippen LogP contribution >= 0.6 is 31.9 Å². The summed E-state index contributed by atoms with van der Waals surface area (Å²) in [5.74, 6) is 0.917. The summed E-state index contributed by atoms with van der Waals surface area (Å²) in [6.07, 6.45) is 2.43. The van der Waals surface area contributed by atoms with Crippen molar-refractivity contribution < 1.29 is 9.53 Å². The van der Waals surface area contributed by atoms with Crippen molar-refractivity contribution in [2.75, 3.05) is 11.9 Å². The summed E-state index contributed by atoms with van der Waals surface area (Å²) in [5, 5.41) is 7.77. The number of nitrogens with zero attached hydrogens (tertiary/aromatic N) is 3. The Morgan fingerprint density at radius 3 is 2.64 bits per heavy atom. The molecule has 0 unspecified atom stereocenters. The lowest BCUT2D eigenvalue weighted by Gasteiger charge is -2.14. The molecule has 0 radical (unpaired) electrons. The standard InChI is InChI=1S/C27H24Br2N4O3/c1-3-17(2)26-32-23-11-10-19(28)14-21(23)27(35)33(26)30-15-18-9-12-24(22(29)13-18)36-16-25(34)31-20-7-5-4-6-8-20/h4-15,17H,3,16H2,1-2H3,(H,31,34)/t17-/m1/s1. The van der Waals surface area contributed by atoms with Crippen molar-refractivity contribution in [3.05, 3.63) is 97.4 Å². The minimum atomic E-state index is -0.258. The highest BCUT2D eigenvalue weighted by Crippen LogP contribution is 2.26. The third kappa shape index (κ3) is 6.09. The normalized spacial score (nSPS) is 12.1. The van der Waals surface area contributed by atoms with Gasteiger partial charge in [0.05, 0.1) is 21.6 Å². The van der Waals surface area contributed by atoms with Crippen LogP contribution in [0.15, 0.2) is 85.6 Å². The lowest BCUT2D eigenvalue weighted by atomic mass is 10.1. The molecule has 1 aromatic heterocycles. The van der Waals surface area contributed by atoms with E-state index in [2.05, 4.69) is 42.3 Å². The molecule has 0 spiro atoms. The topological polar surface area (TPSA) is 85.6 Å². The van der Waals surface area contributed by atoms with Gasteiger partial charge < -0.3 is 10.1 Å². The van der Waals surface area contributed by atoms with Crippen LogP contribution in [0.4, 0.5) is 5.69 Å². The first-order valence-electron chi connectivity index (χ1n) is 11.4. The second-order valence-electron chi connectivity index (χ2n) is 8.20. The maximum atomic E-state index is 13.3. The van der Waals surface area contributed by atoms with Crippen LogP contribution in [0.1, 0.15) is 37.6 Å². The summed E-state index contributed by atoms with van der Waals surface area (Å²) in [6.45, 7) is 3.94. The van der Waals surface area contributed by atoms with Crippen LogP contribution < -0.4 is 15.6 Å². The van der Waals surface area contributed by atoms with Gasteiger partial charge in [0.25, 0.3) is 11.5 Å². The van der Waals surface area contributed by atoms with Gasteiger partial charge in [-0.3, -0.25) is 9.59 Å². The van der Waals surface area contributed by atoms with Gasteiger partial charge in [-0.2, -0.15) is 9.78 Å². The van der Waals surface area contributed by atoms with Crippen LogP contribution in [0.3, 0.4) is 0 Å². The zero-order valence-corrected chi connectivity index (χ0v) is 22.9. The molecule has 1 heterocycles. The molecule has 3 aromatic carbocycles. The lowest BCUT2D eigenvalue weighted by Crippen LogP contribution is -2.23. The second-order valence-corrected chi connectivity index (χ2v) is 9.97. The maximum absolute atomic E-state index is 13.3. The van der Waals surface area contributed by atoms with Crippen LogP contribution in [0, 0.1) is 0 Å². The molecule has 9 heteroatoms. The van der Waals surface area contributed by atoms with E-state index in [1.54, 1.807) is 24.4 Å². The first-order valence-corrected chi connectivity index (χ1v) is 13.0. The number of halogens is 2. The Morgan fingerprint density at radius 2 is 1.92 bits per heavy atom. The average Bonchev–Trinajstić information content (AvgIpc) is 2.88. The number of amides is 1. The number of nitrogens with one attached hydrogen (secondary N) is 1. The van der Waals surface area contributed by atoms with Crippen molar-refractivity contribution in [2.24, 2.45) is 5.10 Å². The minimum absolute atomic E-state index is 0.0486. The quantitative estimate of drug-likeness (QED) is 0.236. The molecule has 1 amide bonds. The summed E-state index contributed by atoms with van der Waals surface area (Å²) in [5.41, 5.74) is 1.88. The number of aromatic nitrogens is 2. The molecule has 0 aliphatic heterocycles. The van der Waals surface area contributed by atoms with E-state index in [-0.39, 0.29) is 24.0 Å². The van der Waals surface area contributed by atoms with E-state index < -0.39 is 0 Å². The van der Waals surface area contributed by atoms with Gasteiger partial charge in [-0.25, -0.2) is 4.98 Å². The fraction of sp³-hybridized carbons (Fsp3) is 0.185. The highest BCUT2D eigenvalue weighted by Gasteiger charge is 2.15. The Hall–Kier alpha value is -3.30. The Balaban J connectivity index is 1.54. The third-order valence-corrected chi connectivity index (χ3v) is 6.69. The smallest absolute Gasteiger partial charge is 0.282 e. The monoisotopic (exact) mass is 610 g/mol. The lowest BCUT2D eigenvalue weighted by molar-refractivity contribution is -0.118. The van der Waals surface area contributed by atoms with Gasteiger partial charge in [0, 0.05) is 16.1 Å². The van der Waals surface area contributed by atoms with Crippen molar-refractivity contribution in [3.8, 4) is 5.75 Å². The van der Waals surface area contributed by atoms with Crippen LogP contribution in [0.5, 0.6) is 5.75 Å². The number of carbonyl (C=O) groups excluding carboxylic acids is 1. The van der Waals surface area contributed by atoms with Gasteiger partial charge in [-0.15, -0.1) is 0 Å². The van der Waals surface area contributed by atoms with Gasteiger partial charge in [-0.05, 0) is 76.4 Å². The molecular formula is C27H24Br2N4O3. The molecule has 0 bridgehead atoms. The van der Waals surface area contributed by atoms with E-state index >= 15 is 0 Å². The van der Waals surface area contributed by atoms with Crippen molar-refractivity contribution in [3.63, 3.8) is 0 Å². The number of anilines is 1.